The number of aliphatic hydroxyl groups excluding tert-OH is 1. The zero-order valence-corrected chi connectivity index (χ0v) is 27.0. The van der Waals surface area contributed by atoms with E-state index in [2.05, 4.69) is 45.2 Å². The number of fused-ring (bicyclic) bond motifs is 5. The van der Waals surface area contributed by atoms with Gasteiger partial charge in [0.05, 0.1) is 49.4 Å². The number of benzene rings is 1. The van der Waals surface area contributed by atoms with E-state index in [9.17, 15) is 19.5 Å². The quantitative estimate of drug-likeness (QED) is 0.248. The molecule has 0 fully saturated rings. The summed E-state index contributed by atoms with van der Waals surface area (Å²) in [4.78, 5) is 44.7. The maximum absolute atomic E-state index is 13.8. The molecule has 1 atom stereocenters. The van der Waals surface area contributed by atoms with Crippen molar-refractivity contribution in [2.75, 3.05) is 11.9 Å². The fourth-order valence-corrected chi connectivity index (χ4v) is 7.93. The number of hydrogen-bond donors (Lipinski definition) is 2. The molecule has 0 aliphatic carbocycles. The number of nitrogens with zero attached hydrogens (tertiary/aromatic N) is 2. The monoisotopic (exact) mass is 591 g/mol. The highest BCUT2D eigenvalue weighted by Gasteiger charge is 2.47. The van der Waals surface area contributed by atoms with Crippen molar-refractivity contribution in [2.24, 2.45) is 0 Å². The largest absolute Gasteiger partial charge is 0.460 e. The Morgan fingerprint density at radius 2 is 1.86 bits per heavy atom. The number of anilines is 1. The van der Waals surface area contributed by atoms with Crippen LogP contribution < -0.4 is 16.1 Å². The van der Waals surface area contributed by atoms with Crippen molar-refractivity contribution in [3.8, 4) is 11.4 Å². The fraction of sp³-hybridized carbons (Fsp3) is 0.500. The lowest BCUT2D eigenvalue weighted by atomic mass is 9.75. The molecule has 10 heteroatoms. The minimum Gasteiger partial charge on any atom is -0.460 e. The van der Waals surface area contributed by atoms with Crippen LogP contribution in [0.4, 0.5) is 10.5 Å². The second-order valence-corrected chi connectivity index (χ2v) is 19.3. The van der Waals surface area contributed by atoms with Crippen LogP contribution in [0.1, 0.15) is 71.6 Å². The molecule has 5 rings (SSSR count). The fourth-order valence-electron chi connectivity index (χ4n) is 5.84. The van der Waals surface area contributed by atoms with E-state index in [1.807, 2.05) is 45.9 Å². The number of nitrogens with one attached hydrogen (secondary N) is 1. The number of carbonyl (C=O) groups is 2. The van der Waals surface area contributed by atoms with Crippen LogP contribution in [0.3, 0.4) is 0 Å². The normalized spacial score (nSPS) is 18.3. The Morgan fingerprint density at radius 1 is 1.17 bits per heavy atom. The van der Waals surface area contributed by atoms with Crippen molar-refractivity contribution >= 4 is 41.9 Å². The standard InChI is InChI=1S/C32H41N3O6Si/c1-10-32(17-36)21-14-23-25-18(15-35(23)27(37)20(21)16-40-28(32)38)13-19-22(33-29(39)41-30(2,3)4)11-12-24(26(19)34-25)42(8,9)31(5,6)7/h11-14,36H,10,15-17H2,1-9H3,(H,33,39). The molecular formula is C32H41N3O6Si. The van der Waals surface area contributed by atoms with Gasteiger partial charge in [-0.1, -0.05) is 46.9 Å². The van der Waals surface area contributed by atoms with Gasteiger partial charge in [0.15, 0.2) is 0 Å². The molecule has 4 heterocycles. The van der Waals surface area contributed by atoms with Gasteiger partial charge in [-0.25, -0.2) is 9.78 Å². The van der Waals surface area contributed by atoms with Crippen molar-refractivity contribution in [1.29, 1.82) is 0 Å². The predicted molar refractivity (Wildman–Crippen MR) is 166 cm³/mol. The first-order valence-electron chi connectivity index (χ1n) is 14.5. The highest BCUT2D eigenvalue weighted by atomic mass is 28.3. The van der Waals surface area contributed by atoms with Gasteiger partial charge >= 0.3 is 12.1 Å². The molecule has 42 heavy (non-hydrogen) atoms. The van der Waals surface area contributed by atoms with E-state index in [-0.39, 0.29) is 17.2 Å². The topological polar surface area (TPSA) is 120 Å². The summed E-state index contributed by atoms with van der Waals surface area (Å²) in [6, 6.07) is 7.83. The van der Waals surface area contributed by atoms with Gasteiger partial charge < -0.3 is 19.1 Å². The van der Waals surface area contributed by atoms with Gasteiger partial charge in [0, 0.05) is 10.9 Å². The first-order valence-corrected chi connectivity index (χ1v) is 17.5. The Balaban J connectivity index is 1.77. The highest BCUT2D eigenvalue weighted by molar-refractivity contribution is 6.93. The maximum Gasteiger partial charge on any atom is 0.412 e. The third kappa shape index (κ3) is 4.55. The average molecular weight is 592 g/mol. The number of cyclic esters (lactones) is 1. The minimum atomic E-state index is -2.12. The number of aliphatic hydroxyl groups is 1. The summed E-state index contributed by atoms with van der Waals surface area (Å²) >= 11 is 0. The molecule has 224 valence electrons. The molecule has 0 bridgehead atoms. The summed E-state index contributed by atoms with van der Waals surface area (Å²) in [5.41, 5.74) is 2.18. The molecule has 1 unspecified atom stereocenters. The van der Waals surface area contributed by atoms with Crippen LogP contribution >= 0.6 is 0 Å². The predicted octanol–water partition coefficient (Wildman–Crippen LogP) is 5.18. The van der Waals surface area contributed by atoms with Crippen LogP contribution in [0.15, 0.2) is 29.1 Å². The van der Waals surface area contributed by atoms with E-state index in [0.717, 1.165) is 21.7 Å². The number of ether oxygens (including phenoxy) is 2. The van der Waals surface area contributed by atoms with E-state index < -0.39 is 37.8 Å². The summed E-state index contributed by atoms with van der Waals surface area (Å²) in [6.07, 6.45) is -0.257. The van der Waals surface area contributed by atoms with E-state index in [1.165, 1.54) is 0 Å². The minimum absolute atomic E-state index is 0.0108. The van der Waals surface area contributed by atoms with E-state index in [0.29, 0.717) is 41.2 Å². The van der Waals surface area contributed by atoms with Gasteiger partial charge in [0.1, 0.15) is 17.6 Å². The van der Waals surface area contributed by atoms with Crippen LogP contribution in [0, 0.1) is 0 Å². The summed E-state index contributed by atoms with van der Waals surface area (Å²) < 4.78 is 12.6. The molecule has 0 radical (unpaired) electrons. The molecule has 0 spiro atoms. The lowest BCUT2D eigenvalue weighted by molar-refractivity contribution is -0.156. The second-order valence-electron chi connectivity index (χ2n) is 14.0. The number of rotatable bonds is 4. The van der Waals surface area contributed by atoms with E-state index in [1.54, 1.807) is 4.57 Å². The number of amides is 1. The Kier molecular flexibility index (Phi) is 6.97. The average Bonchev–Trinajstić information content (AvgIpc) is 3.24. The third-order valence-electron chi connectivity index (χ3n) is 9.35. The molecule has 0 saturated carbocycles. The SMILES string of the molecule is CCC1(CO)C(=O)OCc2c1cc1n(c2=O)Cc2cc3c(NC(=O)OC(C)(C)C)ccc([Si](C)(C)C(C)(C)C)c3nc2-1. The Hall–Kier alpha value is -3.50. The third-order valence-corrected chi connectivity index (χ3v) is 14.8. The zero-order valence-electron chi connectivity index (χ0n) is 26.0. The van der Waals surface area contributed by atoms with Crippen LogP contribution in [-0.4, -0.2) is 47.0 Å². The van der Waals surface area contributed by atoms with Gasteiger partial charge in [-0.05, 0) is 61.2 Å². The highest BCUT2D eigenvalue weighted by Crippen LogP contribution is 2.42. The van der Waals surface area contributed by atoms with Crippen molar-refractivity contribution in [3.63, 3.8) is 0 Å². The Bertz CT molecular complexity index is 1690. The van der Waals surface area contributed by atoms with Gasteiger partial charge in [0.2, 0.25) is 0 Å². The van der Waals surface area contributed by atoms with Crippen LogP contribution in [0.5, 0.6) is 0 Å². The summed E-state index contributed by atoms with van der Waals surface area (Å²) in [7, 11) is -2.12. The Morgan fingerprint density at radius 3 is 2.45 bits per heavy atom. The number of aromatic nitrogens is 2. The Labute approximate surface area is 247 Å². The molecule has 3 aromatic rings. The molecule has 2 aromatic heterocycles. The number of pyridine rings is 2. The zero-order chi connectivity index (χ0) is 31.0. The summed E-state index contributed by atoms with van der Waals surface area (Å²) in [5.74, 6) is -0.521. The van der Waals surface area contributed by atoms with E-state index >= 15 is 0 Å². The molecule has 2 aliphatic heterocycles. The van der Waals surface area contributed by atoms with Crippen molar-refractivity contribution < 1.29 is 24.2 Å². The number of hydrogen-bond acceptors (Lipinski definition) is 7. The molecular weight excluding hydrogens is 550 g/mol. The van der Waals surface area contributed by atoms with Crippen molar-refractivity contribution in [1.82, 2.24) is 9.55 Å². The molecule has 1 amide bonds. The van der Waals surface area contributed by atoms with E-state index in [4.69, 9.17) is 14.5 Å². The molecule has 1 aromatic carbocycles. The number of carbonyl (C=O) groups excluding carboxylic acids is 2. The lowest BCUT2D eigenvalue weighted by Gasteiger charge is -2.38. The maximum atomic E-state index is 13.8. The first-order chi connectivity index (χ1) is 19.4. The van der Waals surface area contributed by atoms with Gasteiger partial charge in [0.25, 0.3) is 5.56 Å². The summed E-state index contributed by atoms with van der Waals surface area (Å²) in [6.45, 7) is 18.3. The number of esters is 1. The lowest BCUT2D eigenvalue weighted by Crippen LogP contribution is -2.50. The van der Waals surface area contributed by atoms with Crippen LogP contribution in [-0.2, 0) is 32.8 Å². The van der Waals surface area contributed by atoms with Gasteiger partial charge in [-0.15, -0.1) is 0 Å². The van der Waals surface area contributed by atoms with Crippen molar-refractivity contribution in [3.05, 3.63) is 51.3 Å². The smallest absolute Gasteiger partial charge is 0.412 e. The molecule has 2 aliphatic rings. The molecule has 9 nitrogen and oxygen atoms in total. The van der Waals surface area contributed by atoms with Gasteiger partial charge in [-0.3, -0.25) is 14.9 Å². The first kappa shape index (κ1) is 30.0. The molecule has 2 N–H and O–H groups in total. The summed E-state index contributed by atoms with van der Waals surface area (Å²) in [5, 5.41) is 15.2. The van der Waals surface area contributed by atoms with Crippen LogP contribution in [0.2, 0.25) is 18.1 Å². The van der Waals surface area contributed by atoms with Crippen molar-refractivity contribution in [2.45, 2.75) is 97.2 Å². The second kappa shape index (κ2) is 9.77. The van der Waals surface area contributed by atoms with Gasteiger partial charge in [-0.2, -0.15) is 0 Å². The molecule has 0 saturated heterocycles. The van der Waals surface area contributed by atoms with Crippen LogP contribution in [0.25, 0.3) is 22.3 Å².